The number of nitroso groups, excluding NO2 is 1. The molecular formula is C36H37I5N10O13. The monoisotopic (exact) mass is 1450 g/mol. The van der Waals surface area contributed by atoms with Gasteiger partial charge >= 0.3 is 0 Å². The molecule has 0 radical (unpaired) electrons. The highest BCUT2D eigenvalue weighted by Crippen LogP contribution is 2.24. The van der Waals surface area contributed by atoms with Crippen molar-refractivity contribution in [2.75, 3.05) is 11.2 Å². The Morgan fingerprint density at radius 1 is 0.516 bits per heavy atom. The van der Waals surface area contributed by atoms with Crippen LogP contribution < -0.4 is 39.9 Å². The molecule has 0 aliphatic rings. The number of anilines is 2. The Labute approximate surface area is 430 Å². The van der Waals surface area contributed by atoms with E-state index < -0.39 is 39.4 Å². The van der Waals surface area contributed by atoms with Crippen molar-refractivity contribution in [2.24, 2.45) is 33.8 Å². The molecule has 0 unspecified atom stereocenters. The molecule has 64 heavy (non-hydrogen) atoms. The maximum atomic E-state index is 10.7. The van der Waals surface area contributed by atoms with Crippen LogP contribution in [0.1, 0.15) is 59.2 Å². The number of amides is 5. The first-order valence-corrected chi connectivity index (χ1v) is 21.1. The van der Waals surface area contributed by atoms with Crippen molar-refractivity contribution in [3.63, 3.8) is 0 Å². The number of nitrogens with one attached hydrogen (secondary N) is 1. The molecule has 5 aromatic carbocycles. The molecule has 0 atom stereocenters. The van der Waals surface area contributed by atoms with E-state index in [0.29, 0.717) is 38.8 Å². The molecule has 18 N–H and O–H groups in total. The average Bonchev–Trinajstić information content (AvgIpc) is 3.20. The smallest absolute Gasteiger partial charge is 0.283 e. The molecule has 28 heteroatoms. The number of benzene rings is 5. The normalized spacial score (nSPS) is 9.09. The van der Waals surface area contributed by atoms with Gasteiger partial charge in [0.2, 0.25) is 29.5 Å². The molecule has 0 aliphatic heterocycles. The predicted molar refractivity (Wildman–Crippen MR) is 281 cm³/mol. The second-order valence-electron chi connectivity index (χ2n) is 11.0. The van der Waals surface area contributed by atoms with Crippen LogP contribution in [0, 0.1) is 43.0 Å². The van der Waals surface area contributed by atoms with Crippen LogP contribution in [0.2, 0.25) is 0 Å². The SMILES string of the molecule is C.NC(=O)c1ccc(I)c(N)c1.NC(=O)c1ccc(I)c(N=O)c1.NC(=O)c1ccc(I)c(NO)c1.NC(=O)c1ccc(I)c([N+](=O)[O-])c1.NC(=O)c1ccc(I)c([N+](=O)[O-])c1.O.O. The zero-order chi connectivity index (χ0) is 46.7. The number of nitrogens with two attached hydrogens (primary N) is 6. The van der Waals surface area contributed by atoms with Crippen molar-refractivity contribution in [3.8, 4) is 0 Å². The van der Waals surface area contributed by atoms with Crippen LogP contribution in [0.25, 0.3) is 0 Å². The number of rotatable bonds is 9. The van der Waals surface area contributed by atoms with Crippen LogP contribution in [-0.2, 0) is 0 Å². The van der Waals surface area contributed by atoms with E-state index in [9.17, 15) is 49.1 Å². The summed E-state index contributed by atoms with van der Waals surface area (Å²) in [6, 6.07) is 22.5. The number of nitro groups is 2. The van der Waals surface area contributed by atoms with Crippen LogP contribution in [0.3, 0.4) is 0 Å². The second kappa shape index (κ2) is 31.0. The van der Waals surface area contributed by atoms with E-state index in [2.05, 4.69) is 27.8 Å². The molecule has 5 aromatic rings. The number of nitro benzene ring substituents is 2. The number of primary amides is 5. The fourth-order valence-corrected chi connectivity index (χ4v) is 6.10. The molecule has 5 rings (SSSR count). The van der Waals surface area contributed by atoms with Gasteiger partial charge in [0, 0.05) is 56.3 Å². The first-order valence-electron chi connectivity index (χ1n) is 15.7. The summed E-state index contributed by atoms with van der Waals surface area (Å²) >= 11 is 9.71. The van der Waals surface area contributed by atoms with Crippen molar-refractivity contribution < 1.29 is 50.0 Å². The van der Waals surface area contributed by atoms with Crippen molar-refractivity contribution in [1.29, 1.82) is 0 Å². The summed E-state index contributed by atoms with van der Waals surface area (Å²) in [6.07, 6.45) is 0. The van der Waals surface area contributed by atoms with Crippen LogP contribution in [-0.4, -0.2) is 55.5 Å². The third-order valence-electron chi connectivity index (χ3n) is 6.84. The number of nitrogen functional groups attached to an aromatic ring is 1. The number of hydrogen-bond donors (Lipinski definition) is 8. The minimum Gasteiger partial charge on any atom is -0.412 e. The van der Waals surface area contributed by atoms with Gasteiger partial charge in [-0.25, -0.2) is 0 Å². The standard InChI is InChI=1S/2C7H5IN2O3.C7H7IN2O2.C7H5IN2O2.C7H7IN2O.CH4.2H2O/c2*8-5-2-1-4(7(9)11)3-6(5)10(12)13;2*8-5-2-1-4(7(9)11)3-6(5)10-12;8-5-2-1-4(7(10)11)3-6(5)9;;;/h2*1-3H,(H2,9,11);1-3,10,12H,(H2,9,11);1-3H,(H2,9,11);1-3H,9H2,(H2,10,11);1H4;2*1H2. The van der Waals surface area contributed by atoms with Gasteiger partial charge < -0.3 is 45.4 Å². The molecule has 0 saturated carbocycles. The lowest BCUT2D eigenvalue weighted by molar-refractivity contribution is -0.386. The van der Waals surface area contributed by atoms with Gasteiger partial charge in [-0.2, -0.15) is 0 Å². The van der Waals surface area contributed by atoms with Gasteiger partial charge in [0.25, 0.3) is 11.4 Å². The first kappa shape index (κ1) is 63.3. The lowest BCUT2D eigenvalue weighted by atomic mass is 10.2. The summed E-state index contributed by atoms with van der Waals surface area (Å²) in [5.41, 5.74) is 35.0. The molecular weight excluding hydrogens is 1410 g/mol. The summed E-state index contributed by atoms with van der Waals surface area (Å²) in [5.74, 6) is -2.86. The predicted octanol–water partition coefficient (Wildman–Crippen LogP) is 5.53. The highest BCUT2D eigenvalue weighted by atomic mass is 127. The summed E-state index contributed by atoms with van der Waals surface area (Å²) in [7, 11) is 0. The van der Waals surface area contributed by atoms with E-state index in [0.717, 1.165) is 7.14 Å². The number of hydrogen-bond acceptors (Lipinski definition) is 14. The van der Waals surface area contributed by atoms with Crippen LogP contribution in [0.4, 0.5) is 28.4 Å². The van der Waals surface area contributed by atoms with Gasteiger partial charge in [-0.05, 0) is 197 Å². The quantitative estimate of drug-likeness (QED) is 0.0296. The molecule has 23 nitrogen and oxygen atoms in total. The van der Waals surface area contributed by atoms with Crippen molar-refractivity contribution in [1.82, 2.24) is 0 Å². The molecule has 0 heterocycles. The lowest BCUT2D eigenvalue weighted by Gasteiger charge is -2.03. The van der Waals surface area contributed by atoms with Crippen LogP contribution >= 0.6 is 113 Å². The molecule has 344 valence electrons. The highest BCUT2D eigenvalue weighted by molar-refractivity contribution is 14.1. The highest BCUT2D eigenvalue weighted by Gasteiger charge is 2.15. The molecule has 0 aliphatic carbocycles. The number of carbonyl (C=O) groups excluding carboxylic acids is 5. The van der Waals surface area contributed by atoms with Crippen molar-refractivity contribution in [3.05, 3.63) is 162 Å². The Morgan fingerprint density at radius 3 is 1.12 bits per heavy atom. The summed E-state index contributed by atoms with van der Waals surface area (Å²) in [5, 5.41) is 32.3. The Morgan fingerprint density at radius 2 is 0.812 bits per heavy atom. The largest absolute Gasteiger partial charge is 0.412 e. The molecule has 0 saturated heterocycles. The molecule has 0 bridgehead atoms. The van der Waals surface area contributed by atoms with Crippen molar-refractivity contribution in [2.45, 2.75) is 7.43 Å². The first-order chi connectivity index (χ1) is 28.4. The Hall–Kier alpha value is -5.02. The van der Waals surface area contributed by atoms with E-state index in [-0.39, 0.29) is 46.6 Å². The minimum atomic E-state index is -0.667. The van der Waals surface area contributed by atoms with Gasteiger partial charge in [-0.1, -0.05) is 7.43 Å². The molecule has 5 amide bonds. The average molecular weight is 1450 g/mol. The van der Waals surface area contributed by atoms with Gasteiger partial charge in [0.15, 0.2) is 0 Å². The van der Waals surface area contributed by atoms with E-state index in [1.807, 2.05) is 95.8 Å². The van der Waals surface area contributed by atoms with Crippen LogP contribution in [0.15, 0.2) is 96.2 Å². The Kier molecular flexibility index (Phi) is 30.6. The van der Waals surface area contributed by atoms with Gasteiger partial charge in [0.1, 0.15) is 5.69 Å². The third-order valence-corrected chi connectivity index (χ3v) is 11.5. The van der Waals surface area contributed by atoms with Crippen LogP contribution in [0.5, 0.6) is 0 Å². The maximum absolute atomic E-state index is 10.7. The lowest BCUT2D eigenvalue weighted by Crippen LogP contribution is -2.11. The molecule has 0 spiro atoms. The number of nitrogens with zero attached hydrogens (tertiary/aromatic N) is 3. The fourth-order valence-electron chi connectivity index (χ4n) is 3.81. The maximum Gasteiger partial charge on any atom is 0.283 e. The third kappa shape index (κ3) is 21.1. The van der Waals surface area contributed by atoms with E-state index in [1.54, 1.807) is 42.5 Å². The Bertz CT molecular complexity index is 2430. The summed E-state index contributed by atoms with van der Waals surface area (Å²) in [4.78, 5) is 83.3. The fraction of sp³-hybridized carbons (Fsp3) is 0.0278. The zero-order valence-electron chi connectivity index (χ0n) is 31.4. The van der Waals surface area contributed by atoms with Gasteiger partial charge in [-0.15, -0.1) is 4.91 Å². The molecule has 0 fully saturated rings. The summed E-state index contributed by atoms with van der Waals surface area (Å²) < 4.78 is 3.40. The number of carbonyl (C=O) groups is 5. The zero-order valence-corrected chi connectivity index (χ0v) is 42.2. The topological polar surface area (TPSA) is 452 Å². The summed E-state index contributed by atoms with van der Waals surface area (Å²) in [6.45, 7) is 0. The van der Waals surface area contributed by atoms with Crippen molar-refractivity contribution >= 4 is 171 Å². The van der Waals surface area contributed by atoms with E-state index in [4.69, 9.17) is 39.6 Å². The van der Waals surface area contributed by atoms with E-state index in [1.165, 1.54) is 48.5 Å². The van der Waals surface area contributed by atoms with Gasteiger partial charge in [-0.3, -0.25) is 54.9 Å². The van der Waals surface area contributed by atoms with E-state index >= 15 is 0 Å². The second-order valence-corrected chi connectivity index (χ2v) is 16.8. The molecule has 0 aromatic heterocycles. The minimum absolute atomic E-state index is 0. The Balaban J connectivity index is -0.000000719. The number of halogens is 5. The van der Waals surface area contributed by atoms with Gasteiger partial charge in [0.05, 0.1) is 22.7 Å².